The molecular weight excluding hydrogens is 519 g/mol. The van der Waals surface area contributed by atoms with E-state index in [2.05, 4.69) is 4.98 Å². The van der Waals surface area contributed by atoms with Crippen LogP contribution in [-0.2, 0) is 15.1 Å². The molecular formula is C30H29FN2O7. The second-order valence-corrected chi connectivity index (χ2v) is 9.33. The second-order valence-electron chi connectivity index (χ2n) is 9.33. The molecule has 0 bridgehead atoms. The number of aromatic amines is 1. The van der Waals surface area contributed by atoms with Crippen molar-refractivity contribution in [2.75, 3.05) is 20.8 Å². The number of hydrogen-bond acceptors (Lipinski definition) is 7. The van der Waals surface area contributed by atoms with Gasteiger partial charge in [-0.3, -0.25) is 14.3 Å². The van der Waals surface area contributed by atoms with Crippen molar-refractivity contribution in [3.63, 3.8) is 0 Å². The molecule has 208 valence electrons. The zero-order valence-corrected chi connectivity index (χ0v) is 21.9. The lowest BCUT2D eigenvalue weighted by Gasteiger charge is -2.37. The fourth-order valence-corrected chi connectivity index (χ4v) is 4.97. The van der Waals surface area contributed by atoms with Crippen LogP contribution in [0.25, 0.3) is 0 Å². The summed E-state index contributed by atoms with van der Waals surface area (Å²) in [6, 6.07) is 25.4. The molecule has 40 heavy (non-hydrogen) atoms. The zero-order chi connectivity index (χ0) is 28.3. The van der Waals surface area contributed by atoms with Gasteiger partial charge in [0.15, 0.2) is 12.4 Å². The van der Waals surface area contributed by atoms with Gasteiger partial charge in [-0.1, -0.05) is 54.6 Å². The highest BCUT2D eigenvalue weighted by atomic mass is 19.1. The van der Waals surface area contributed by atoms with E-state index >= 15 is 4.39 Å². The maximum atomic E-state index is 15.2. The molecule has 5 rings (SSSR count). The van der Waals surface area contributed by atoms with Crippen LogP contribution in [0.1, 0.15) is 22.9 Å². The van der Waals surface area contributed by atoms with Gasteiger partial charge in [0.2, 0.25) is 0 Å². The lowest BCUT2D eigenvalue weighted by molar-refractivity contribution is -0.0950. The molecule has 1 unspecified atom stereocenters. The number of benzene rings is 3. The molecule has 2 heterocycles. The van der Waals surface area contributed by atoms with E-state index < -0.39 is 41.5 Å². The second kappa shape index (κ2) is 11.5. The molecule has 0 saturated carbocycles. The number of rotatable bonds is 9. The molecule has 1 aliphatic rings. The number of methoxy groups -OCH3 is 2. The van der Waals surface area contributed by atoms with Gasteiger partial charge in [-0.2, -0.15) is 0 Å². The third kappa shape index (κ3) is 5.04. The molecule has 0 radical (unpaired) electrons. The third-order valence-corrected chi connectivity index (χ3v) is 7.06. The third-order valence-electron chi connectivity index (χ3n) is 7.06. The highest BCUT2D eigenvalue weighted by Crippen LogP contribution is 2.43. The summed E-state index contributed by atoms with van der Waals surface area (Å²) in [6.45, 7) is -0.233. The van der Waals surface area contributed by atoms with Crippen molar-refractivity contribution >= 4 is 0 Å². The molecule has 1 fully saturated rings. The van der Waals surface area contributed by atoms with Crippen molar-refractivity contribution < 1.29 is 28.4 Å². The fraction of sp³-hybridized carbons (Fsp3) is 0.267. The van der Waals surface area contributed by atoms with Gasteiger partial charge in [-0.15, -0.1) is 0 Å². The van der Waals surface area contributed by atoms with Gasteiger partial charge in [0.25, 0.3) is 5.56 Å². The number of H-pyrrole nitrogens is 1. The van der Waals surface area contributed by atoms with Gasteiger partial charge in [0.05, 0.1) is 20.8 Å². The lowest BCUT2D eigenvalue weighted by atomic mass is 9.80. The summed E-state index contributed by atoms with van der Waals surface area (Å²) >= 11 is 0. The standard InChI is InChI=1S/C30H29FN2O7/c1-37-22-12-8-20(9-13-22)30(19-6-4-3-5-7-19,21-10-14-23(38-2)15-11-21)39-18-24-27(35)26(31)28(40-24)33-17-16-25(34)32-29(33)36/h3-17,24,26-28,35H,18H2,1-2H3,(H,32,34,36)/t24-,26+,27?,28-/m1/s1. The van der Waals surface area contributed by atoms with Crippen LogP contribution in [-0.4, -0.2) is 53.9 Å². The number of hydrogen-bond donors (Lipinski definition) is 2. The van der Waals surface area contributed by atoms with Crippen LogP contribution in [0, 0.1) is 0 Å². The van der Waals surface area contributed by atoms with Crippen molar-refractivity contribution in [3.8, 4) is 11.5 Å². The summed E-state index contributed by atoms with van der Waals surface area (Å²) in [7, 11) is 3.16. The van der Waals surface area contributed by atoms with Crippen molar-refractivity contribution in [3.05, 3.63) is 129 Å². The molecule has 9 nitrogen and oxygen atoms in total. The van der Waals surface area contributed by atoms with Crippen molar-refractivity contribution in [2.45, 2.75) is 30.2 Å². The van der Waals surface area contributed by atoms with E-state index in [4.69, 9.17) is 18.9 Å². The molecule has 2 N–H and O–H groups in total. The summed E-state index contributed by atoms with van der Waals surface area (Å²) in [5, 5.41) is 10.8. The van der Waals surface area contributed by atoms with Crippen LogP contribution in [0.15, 0.2) is 101 Å². The first kappa shape index (κ1) is 27.3. The number of aliphatic hydroxyl groups is 1. The molecule has 1 saturated heterocycles. The Bertz CT molecular complexity index is 1490. The Hall–Kier alpha value is -4.25. The Morgan fingerprint density at radius 1 is 0.875 bits per heavy atom. The Morgan fingerprint density at radius 3 is 1.95 bits per heavy atom. The Kier molecular flexibility index (Phi) is 7.83. The Labute approximate surface area is 229 Å². The zero-order valence-electron chi connectivity index (χ0n) is 21.9. The van der Waals surface area contributed by atoms with Crippen LogP contribution in [0.4, 0.5) is 4.39 Å². The topological polar surface area (TPSA) is 112 Å². The fourth-order valence-electron chi connectivity index (χ4n) is 4.97. The summed E-state index contributed by atoms with van der Waals surface area (Å²) in [4.78, 5) is 25.8. The van der Waals surface area contributed by atoms with Crippen molar-refractivity contribution in [2.24, 2.45) is 0 Å². The van der Waals surface area contributed by atoms with Crippen LogP contribution in [0.2, 0.25) is 0 Å². The number of nitrogens with one attached hydrogen (secondary N) is 1. The molecule has 1 aliphatic heterocycles. The number of ether oxygens (including phenoxy) is 4. The lowest BCUT2D eigenvalue weighted by Crippen LogP contribution is -2.39. The molecule has 0 amide bonds. The summed E-state index contributed by atoms with van der Waals surface area (Å²) < 4.78 is 39.4. The predicted molar refractivity (Wildman–Crippen MR) is 144 cm³/mol. The van der Waals surface area contributed by atoms with Gasteiger partial charge in [-0.05, 0) is 41.0 Å². The summed E-state index contributed by atoms with van der Waals surface area (Å²) in [6.07, 6.45) is -4.97. The molecule has 0 spiro atoms. The van der Waals surface area contributed by atoms with E-state index in [1.165, 1.54) is 0 Å². The van der Waals surface area contributed by atoms with E-state index in [-0.39, 0.29) is 6.61 Å². The maximum Gasteiger partial charge on any atom is 0.330 e. The van der Waals surface area contributed by atoms with E-state index in [0.29, 0.717) is 11.5 Å². The molecule has 4 atom stereocenters. The highest BCUT2D eigenvalue weighted by molar-refractivity contribution is 5.49. The van der Waals surface area contributed by atoms with Crippen LogP contribution >= 0.6 is 0 Å². The number of halogens is 1. The first-order valence-electron chi connectivity index (χ1n) is 12.6. The summed E-state index contributed by atoms with van der Waals surface area (Å²) in [5.41, 5.74) is -0.389. The minimum absolute atomic E-state index is 0.233. The Morgan fingerprint density at radius 2 is 1.43 bits per heavy atom. The number of aliphatic hydroxyl groups excluding tert-OH is 1. The predicted octanol–water partition coefficient (Wildman–Crippen LogP) is 3.16. The van der Waals surface area contributed by atoms with Gasteiger partial charge in [0, 0.05) is 12.3 Å². The minimum atomic E-state index is -1.94. The maximum absolute atomic E-state index is 15.2. The van der Waals surface area contributed by atoms with Gasteiger partial charge < -0.3 is 24.1 Å². The highest BCUT2D eigenvalue weighted by Gasteiger charge is 2.47. The first-order valence-corrected chi connectivity index (χ1v) is 12.6. The van der Waals surface area contributed by atoms with E-state index in [1.807, 2.05) is 78.9 Å². The SMILES string of the molecule is COc1ccc(C(OC[C@H]2O[C@@H](n3ccc(=O)[nH]c3=O)[C@@H](F)C2O)(c2ccccc2)c2ccc(OC)cc2)cc1. The molecule has 10 heteroatoms. The largest absolute Gasteiger partial charge is 0.497 e. The minimum Gasteiger partial charge on any atom is -0.497 e. The first-order chi connectivity index (χ1) is 19.4. The van der Waals surface area contributed by atoms with Crippen LogP contribution in [0.3, 0.4) is 0 Å². The summed E-state index contributed by atoms with van der Waals surface area (Å²) in [5.74, 6) is 1.31. The molecule has 0 aliphatic carbocycles. The van der Waals surface area contributed by atoms with E-state index in [0.717, 1.165) is 33.5 Å². The van der Waals surface area contributed by atoms with Crippen molar-refractivity contribution in [1.82, 2.24) is 9.55 Å². The molecule has 3 aromatic carbocycles. The van der Waals surface area contributed by atoms with Gasteiger partial charge in [-0.25, -0.2) is 9.18 Å². The van der Waals surface area contributed by atoms with E-state index in [1.54, 1.807) is 14.2 Å². The average Bonchev–Trinajstić information content (AvgIpc) is 3.27. The number of alkyl halides is 1. The van der Waals surface area contributed by atoms with Crippen LogP contribution < -0.4 is 20.7 Å². The van der Waals surface area contributed by atoms with E-state index in [9.17, 15) is 14.7 Å². The molecule has 4 aromatic rings. The smallest absolute Gasteiger partial charge is 0.330 e. The van der Waals surface area contributed by atoms with Gasteiger partial charge >= 0.3 is 5.69 Å². The monoisotopic (exact) mass is 548 g/mol. The Balaban J connectivity index is 1.56. The van der Waals surface area contributed by atoms with Crippen LogP contribution in [0.5, 0.6) is 11.5 Å². The number of aromatic nitrogens is 2. The molecule has 1 aromatic heterocycles. The average molecular weight is 549 g/mol. The quantitative estimate of drug-likeness (QED) is 0.309. The normalized spacial score (nSPS) is 20.8. The number of nitrogens with zero attached hydrogens (tertiary/aromatic N) is 1. The van der Waals surface area contributed by atoms with Crippen molar-refractivity contribution in [1.29, 1.82) is 0 Å². The van der Waals surface area contributed by atoms with Gasteiger partial charge in [0.1, 0.15) is 29.3 Å².